The third-order valence-electron chi connectivity index (χ3n) is 7.96. The van der Waals surface area contributed by atoms with Gasteiger partial charge in [0.25, 0.3) is 0 Å². The highest BCUT2D eigenvalue weighted by molar-refractivity contribution is 8.63. The van der Waals surface area contributed by atoms with Crippen LogP contribution in [0, 0.1) is 17.8 Å². The molecule has 0 aromatic rings. The number of rotatable bonds is 11. The summed E-state index contributed by atoms with van der Waals surface area (Å²) in [5.41, 5.74) is 0. The smallest absolute Gasteiger partial charge is 0.0219 e. The van der Waals surface area contributed by atoms with Crippen molar-refractivity contribution in [2.24, 2.45) is 17.8 Å². The Bertz CT molecular complexity index is 347. The first-order chi connectivity index (χ1) is 10.3. The van der Waals surface area contributed by atoms with E-state index in [0.717, 1.165) is 28.3 Å². The Morgan fingerprint density at radius 1 is 0.739 bits per heavy atom. The van der Waals surface area contributed by atoms with Gasteiger partial charge in [-0.2, -0.15) is 0 Å². The van der Waals surface area contributed by atoms with Crippen LogP contribution in [0.3, 0.4) is 0 Å². The number of unbranched alkanes of at least 4 members (excludes halogenated alkanes) is 1. The molecule has 0 spiro atoms. The van der Waals surface area contributed by atoms with Crippen molar-refractivity contribution in [3.05, 3.63) is 0 Å². The molecule has 0 rings (SSSR count). The van der Waals surface area contributed by atoms with Crippen molar-refractivity contribution >= 4 is 8.29 Å². The van der Waals surface area contributed by atoms with Crippen LogP contribution in [0.1, 0.15) is 87.0 Å². The lowest BCUT2D eigenvalue weighted by Gasteiger charge is -2.79. The SMILES string of the molecule is CCCCC(CC)C(C(C)CC)C(C)S(C)(C)(C)(C)C(C)CC. The van der Waals surface area contributed by atoms with Gasteiger partial charge in [-0.25, -0.2) is 0 Å². The van der Waals surface area contributed by atoms with Crippen LogP contribution in [0.4, 0.5) is 0 Å². The Morgan fingerprint density at radius 2 is 1.26 bits per heavy atom. The van der Waals surface area contributed by atoms with Gasteiger partial charge in [0.05, 0.1) is 0 Å². The summed E-state index contributed by atoms with van der Waals surface area (Å²) in [6, 6.07) is 0. The van der Waals surface area contributed by atoms with Crippen molar-refractivity contribution in [3.63, 3.8) is 0 Å². The van der Waals surface area contributed by atoms with Gasteiger partial charge in [0.15, 0.2) is 0 Å². The highest BCUT2D eigenvalue weighted by atomic mass is 32.4. The second-order valence-electron chi connectivity index (χ2n) is 10.7. The lowest BCUT2D eigenvalue weighted by molar-refractivity contribution is 0.208. The van der Waals surface area contributed by atoms with E-state index in [1.807, 2.05) is 0 Å². The first-order valence-corrected chi connectivity index (χ1v) is 14.5. The zero-order chi connectivity index (χ0) is 18.5. The third kappa shape index (κ3) is 5.16. The van der Waals surface area contributed by atoms with E-state index >= 15 is 0 Å². The van der Waals surface area contributed by atoms with Gasteiger partial charge in [-0.15, -0.1) is 0 Å². The molecule has 0 heterocycles. The summed E-state index contributed by atoms with van der Waals surface area (Å²) >= 11 is 0. The van der Waals surface area contributed by atoms with E-state index < -0.39 is 8.29 Å². The van der Waals surface area contributed by atoms with Crippen molar-refractivity contribution in [3.8, 4) is 0 Å². The van der Waals surface area contributed by atoms with Crippen molar-refractivity contribution in [1.29, 1.82) is 0 Å². The van der Waals surface area contributed by atoms with Crippen LogP contribution in [0.15, 0.2) is 0 Å². The second kappa shape index (κ2) is 7.71. The Morgan fingerprint density at radius 3 is 1.61 bits per heavy atom. The van der Waals surface area contributed by atoms with Gasteiger partial charge >= 0.3 is 0 Å². The van der Waals surface area contributed by atoms with Crippen molar-refractivity contribution in [2.75, 3.05) is 25.0 Å². The van der Waals surface area contributed by atoms with Crippen LogP contribution in [-0.2, 0) is 0 Å². The van der Waals surface area contributed by atoms with Gasteiger partial charge in [0.2, 0.25) is 0 Å². The number of hydrogen-bond acceptors (Lipinski definition) is 0. The van der Waals surface area contributed by atoms with E-state index in [9.17, 15) is 0 Å². The molecule has 0 aliphatic carbocycles. The molecule has 0 aliphatic heterocycles. The van der Waals surface area contributed by atoms with Gasteiger partial charge in [0.1, 0.15) is 0 Å². The van der Waals surface area contributed by atoms with Gasteiger partial charge in [-0.05, 0) is 59.7 Å². The Hall–Kier alpha value is 0.350. The first-order valence-electron chi connectivity index (χ1n) is 10.3. The molecule has 5 unspecified atom stereocenters. The third-order valence-corrected chi connectivity index (χ3v) is 15.7. The van der Waals surface area contributed by atoms with E-state index in [-0.39, 0.29) is 0 Å². The maximum absolute atomic E-state index is 2.68. The Kier molecular flexibility index (Phi) is 7.83. The summed E-state index contributed by atoms with van der Waals surface area (Å²) in [5, 5.41) is 1.64. The summed E-state index contributed by atoms with van der Waals surface area (Å²) in [6.45, 7) is 17.2. The minimum Gasteiger partial charge on any atom is -0.279 e. The Labute approximate surface area is 148 Å². The molecule has 0 bridgehead atoms. The van der Waals surface area contributed by atoms with Crippen LogP contribution in [0.5, 0.6) is 0 Å². The molecular weight excluding hydrogens is 296 g/mol. The molecule has 144 valence electrons. The molecule has 0 saturated heterocycles. The zero-order valence-electron chi connectivity index (χ0n) is 18.5. The maximum atomic E-state index is 2.68. The predicted molar refractivity (Wildman–Crippen MR) is 117 cm³/mol. The van der Waals surface area contributed by atoms with Crippen LogP contribution in [0.25, 0.3) is 0 Å². The van der Waals surface area contributed by atoms with Crippen LogP contribution >= 0.6 is 8.29 Å². The minimum atomic E-state index is -2.11. The summed E-state index contributed by atoms with van der Waals surface area (Å²) in [4.78, 5) is 0. The zero-order valence-corrected chi connectivity index (χ0v) is 19.4. The van der Waals surface area contributed by atoms with Gasteiger partial charge in [-0.3, -0.25) is 8.29 Å². The molecule has 0 aromatic heterocycles. The molecule has 0 radical (unpaired) electrons. The molecule has 0 fully saturated rings. The normalized spacial score (nSPS) is 22.6. The van der Waals surface area contributed by atoms with Crippen LogP contribution in [-0.4, -0.2) is 35.5 Å². The van der Waals surface area contributed by atoms with E-state index in [0.29, 0.717) is 0 Å². The molecular formula is C22H50S. The molecule has 23 heavy (non-hydrogen) atoms. The molecule has 0 saturated carbocycles. The molecule has 1 heteroatoms. The summed E-state index contributed by atoms with van der Waals surface area (Å²) in [7, 11) is -2.11. The summed E-state index contributed by atoms with van der Waals surface area (Å²) in [5.74, 6) is 2.61. The molecule has 0 amide bonds. The summed E-state index contributed by atoms with van der Waals surface area (Å²) < 4.78 is 0. The molecule has 0 nitrogen and oxygen atoms in total. The van der Waals surface area contributed by atoms with Gasteiger partial charge in [0, 0.05) is 0 Å². The Balaban J connectivity index is 5.90. The van der Waals surface area contributed by atoms with Gasteiger partial charge in [-0.1, -0.05) is 80.6 Å². The van der Waals surface area contributed by atoms with Gasteiger partial charge < -0.3 is 0 Å². The fourth-order valence-corrected chi connectivity index (χ4v) is 8.75. The number of hydrogen-bond donors (Lipinski definition) is 0. The standard InChI is InChI=1S/C22H50S/c1-12-16-17-21(15-4)22(18(5)13-2)20(7)23(8,9,10,11)19(6)14-3/h18-22H,12-17H2,1-11H3. The maximum Gasteiger partial charge on any atom is -0.0219 e. The van der Waals surface area contributed by atoms with Crippen molar-refractivity contribution < 1.29 is 0 Å². The fraction of sp³-hybridized carbons (Fsp3) is 1.00. The van der Waals surface area contributed by atoms with E-state index in [1.54, 1.807) is 0 Å². The molecule has 0 N–H and O–H groups in total. The lowest BCUT2D eigenvalue weighted by atomic mass is 9.75. The largest absolute Gasteiger partial charge is 0.279 e. The van der Waals surface area contributed by atoms with Crippen molar-refractivity contribution in [2.45, 2.75) is 97.5 Å². The molecule has 5 atom stereocenters. The lowest BCUT2D eigenvalue weighted by Crippen LogP contribution is -2.54. The minimum absolute atomic E-state index is 0.820. The average molecular weight is 347 g/mol. The first kappa shape index (κ1) is 23.4. The fourth-order valence-electron chi connectivity index (χ4n) is 4.57. The predicted octanol–water partition coefficient (Wildman–Crippen LogP) is 7.45. The topological polar surface area (TPSA) is 0 Å². The van der Waals surface area contributed by atoms with Crippen LogP contribution in [0.2, 0.25) is 0 Å². The summed E-state index contributed by atoms with van der Waals surface area (Å²) in [6.07, 6.45) is 18.9. The molecule has 0 aliphatic rings. The van der Waals surface area contributed by atoms with E-state index in [4.69, 9.17) is 0 Å². The van der Waals surface area contributed by atoms with Crippen LogP contribution < -0.4 is 0 Å². The van der Waals surface area contributed by atoms with E-state index in [1.165, 1.54) is 38.5 Å². The van der Waals surface area contributed by atoms with E-state index in [2.05, 4.69) is 73.5 Å². The highest BCUT2D eigenvalue weighted by Crippen LogP contribution is 2.87. The highest BCUT2D eigenvalue weighted by Gasteiger charge is 2.55. The monoisotopic (exact) mass is 346 g/mol. The second-order valence-corrected chi connectivity index (χ2v) is 21.2. The average Bonchev–Trinajstić information content (AvgIpc) is 2.48. The molecule has 0 aromatic carbocycles. The van der Waals surface area contributed by atoms with Crippen molar-refractivity contribution in [1.82, 2.24) is 0 Å². The quantitative estimate of drug-likeness (QED) is 0.364.